The highest BCUT2D eigenvalue weighted by Crippen LogP contribution is 2.25. The number of carbonyl (C=O) groups excluding carboxylic acids is 2. The zero-order chi connectivity index (χ0) is 14.8. The Balaban J connectivity index is 1.59. The molecular weight excluding hydrogens is 270 g/mol. The van der Waals surface area contributed by atoms with Gasteiger partial charge >= 0.3 is 0 Å². The molecule has 2 atom stereocenters. The predicted octanol–water partition coefficient (Wildman–Crippen LogP) is -0.430. The summed E-state index contributed by atoms with van der Waals surface area (Å²) in [7, 11) is 0. The summed E-state index contributed by atoms with van der Waals surface area (Å²) in [5, 5.41) is 11.8. The maximum Gasteiger partial charge on any atom is 0.248 e. The number of nitrogens with one attached hydrogen (secondary N) is 1. The number of amides is 2. The molecular formula is C15H25N3O3. The van der Waals surface area contributed by atoms with Crippen LogP contribution in [0, 0.1) is 5.92 Å². The van der Waals surface area contributed by atoms with Crippen LogP contribution in [0.4, 0.5) is 0 Å². The summed E-state index contributed by atoms with van der Waals surface area (Å²) in [5.74, 6) is 0.485. The molecule has 3 fully saturated rings. The van der Waals surface area contributed by atoms with Gasteiger partial charge < -0.3 is 15.3 Å². The summed E-state index contributed by atoms with van der Waals surface area (Å²) in [6.45, 7) is 2.80. The Labute approximate surface area is 125 Å². The van der Waals surface area contributed by atoms with Crippen molar-refractivity contribution in [2.24, 2.45) is 5.92 Å². The van der Waals surface area contributed by atoms with Crippen LogP contribution in [-0.2, 0) is 9.59 Å². The first-order chi connectivity index (χ1) is 10.2. The van der Waals surface area contributed by atoms with E-state index in [0.717, 1.165) is 19.0 Å². The number of carbonyl (C=O) groups is 2. The van der Waals surface area contributed by atoms with E-state index >= 15 is 0 Å². The number of hydrogen-bond acceptors (Lipinski definition) is 4. The van der Waals surface area contributed by atoms with Gasteiger partial charge in [0.15, 0.2) is 0 Å². The number of hydrogen-bond donors (Lipinski definition) is 2. The van der Waals surface area contributed by atoms with Gasteiger partial charge in [0.1, 0.15) is 12.1 Å². The van der Waals surface area contributed by atoms with Gasteiger partial charge in [0.25, 0.3) is 0 Å². The van der Waals surface area contributed by atoms with E-state index in [4.69, 9.17) is 5.11 Å². The van der Waals surface area contributed by atoms with Crippen LogP contribution in [0.1, 0.15) is 32.1 Å². The van der Waals surface area contributed by atoms with Crippen LogP contribution in [-0.4, -0.2) is 71.6 Å². The van der Waals surface area contributed by atoms with Gasteiger partial charge in [0.05, 0.1) is 6.61 Å². The lowest BCUT2D eigenvalue weighted by atomic mass is 9.88. The molecule has 118 valence electrons. The molecule has 0 aromatic heterocycles. The molecule has 0 aromatic rings. The molecule has 2 heterocycles. The van der Waals surface area contributed by atoms with Crippen molar-refractivity contribution in [3.05, 3.63) is 0 Å². The van der Waals surface area contributed by atoms with Crippen molar-refractivity contribution >= 4 is 11.8 Å². The van der Waals surface area contributed by atoms with E-state index in [2.05, 4.69) is 10.2 Å². The first-order valence-corrected chi connectivity index (χ1v) is 8.13. The fourth-order valence-electron chi connectivity index (χ4n) is 3.88. The van der Waals surface area contributed by atoms with Crippen molar-refractivity contribution < 1.29 is 14.7 Å². The molecule has 21 heavy (non-hydrogen) atoms. The Kier molecular flexibility index (Phi) is 4.45. The van der Waals surface area contributed by atoms with E-state index in [-0.39, 0.29) is 24.5 Å². The molecule has 2 N–H and O–H groups in total. The number of fused-ring (bicyclic) bond motifs is 1. The van der Waals surface area contributed by atoms with Gasteiger partial charge in [0.2, 0.25) is 11.8 Å². The van der Waals surface area contributed by atoms with Crippen LogP contribution in [0.5, 0.6) is 0 Å². The highest BCUT2D eigenvalue weighted by atomic mass is 16.3. The van der Waals surface area contributed by atoms with E-state index in [1.165, 1.54) is 32.1 Å². The molecule has 0 unspecified atom stereocenters. The molecule has 0 bridgehead atoms. The molecule has 0 spiro atoms. The predicted molar refractivity (Wildman–Crippen MR) is 77.5 cm³/mol. The molecule has 2 saturated heterocycles. The SMILES string of the molecule is O=C1N[C@H](CO)C(=O)N2CCN(CC3CCCCC3)C[C@H]12. The number of aliphatic hydroxyl groups is 1. The minimum Gasteiger partial charge on any atom is -0.394 e. The quantitative estimate of drug-likeness (QED) is 0.741. The number of rotatable bonds is 3. The second-order valence-electron chi connectivity index (χ2n) is 6.55. The molecule has 0 radical (unpaired) electrons. The Morgan fingerprint density at radius 1 is 1.14 bits per heavy atom. The van der Waals surface area contributed by atoms with Crippen LogP contribution in [0.25, 0.3) is 0 Å². The van der Waals surface area contributed by atoms with Crippen molar-refractivity contribution in [3.8, 4) is 0 Å². The molecule has 3 aliphatic rings. The third-order valence-electron chi connectivity index (χ3n) is 5.09. The van der Waals surface area contributed by atoms with Gasteiger partial charge in [-0.15, -0.1) is 0 Å². The second kappa shape index (κ2) is 6.32. The van der Waals surface area contributed by atoms with Crippen LogP contribution < -0.4 is 5.32 Å². The third-order valence-corrected chi connectivity index (χ3v) is 5.09. The molecule has 3 rings (SSSR count). The minimum atomic E-state index is -0.751. The van der Waals surface area contributed by atoms with Gasteiger partial charge in [-0.2, -0.15) is 0 Å². The van der Waals surface area contributed by atoms with Crippen molar-refractivity contribution in [2.75, 3.05) is 32.8 Å². The first-order valence-electron chi connectivity index (χ1n) is 8.13. The van der Waals surface area contributed by atoms with Gasteiger partial charge in [-0.1, -0.05) is 19.3 Å². The summed E-state index contributed by atoms with van der Waals surface area (Å²) in [4.78, 5) is 28.3. The van der Waals surface area contributed by atoms with Gasteiger partial charge in [-0.3, -0.25) is 14.5 Å². The highest BCUT2D eigenvalue weighted by Gasteiger charge is 2.43. The van der Waals surface area contributed by atoms with Gasteiger partial charge in [-0.05, 0) is 18.8 Å². The molecule has 0 aromatic carbocycles. The average Bonchev–Trinajstić information content (AvgIpc) is 2.52. The maximum atomic E-state index is 12.2. The van der Waals surface area contributed by atoms with Crippen LogP contribution in [0.3, 0.4) is 0 Å². The fraction of sp³-hybridized carbons (Fsp3) is 0.867. The lowest BCUT2D eigenvalue weighted by Crippen LogP contribution is -2.70. The van der Waals surface area contributed by atoms with E-state index in [0.29, 0.717) is 13.1 Å². The van der Waals surface area contributed by atoms with Crippen molar-refractivity contribution in [1.29, 1.82) is 0 Å². The Morgan fingerprint density at radius 3 is 2.62 bits per heavy atom. The van der Waals surface area contributed by atoms with Gasteiger partial charge in [0, 0.05) is 26.2 Å². The molecule has 1 saturated carbocycles. The Bertz CT molecular complexity index is 409. The van der Waals surface area contributed by atoms with Crippen molar-refractivity contribution in [2.45, 2.75) is 44.2 Å². The fourth-order valence-corrected chi connectivity index (χ4v) is 3.88. The standard InChI is InChI=1S/C15H25N3O3/c19-10-12-15(21)18-7-6-17(9-13(18)14(20)16-12)8-11-4-2-1-3-5-11/h11-13,19H,1-10H2,(H,16,20)/t12-,13-/m1/s1. The molecule has 2 aliphatic heterocycles. The smallest absolute Gasteiger partial charge is 0.248 e. The second-order valence-corrected chi connectivity index (χ2v) is 6.55. The van der Waals surface area contributed by atoms with E-state index in [1.54, 1.807) is 4.90 Å². The normalized spacial score (nSPS) is 32.0. The van der Waals surface area contributed by atoms with Crippen molar-refractivity contribution in [3.63, 3.8) is 0 Å². The van der Waals surface area contributed by atoms with Crippen LogP contribution in [0.2, 0.25) is 0 Å². The lowest BCUT2D eigenvalue weighted by molar-refractivity contribution is -0.154. The number of aliphatic hydroxyl groups excluding tert-OH is 1. The monoisotopic (exact) mass is 295 g/mol. The average molecular weight is 295 g/mol. The Morgan fingerprint density at radius 2 is 1.90 bits per heavy atom. The summed E-state index contributed by atoms with van der Waals surface area (Å²) < 4.78 is 0. The van der Waals surface area contributed by atoms with Gasteiger partial charge in [-0.25, -0.2) is 0 Å². The molecule has 2 amide bonds. The zero-order valence-electron chi connectivity index (χ0n) is 12.5. The largest absolute Gasteiger partial charge is 0.394 e. The lowest BCUT2D eigenvalue weighted by Gasteiger charge is -2.45. The van der Waals surface area contributed by atoms with Crippen molar-refractivity contribution in [1.82, 2.24) is 15.1 Å². The highest BCUT2D eigenvalue weighted by molar-refractivity contribution is 5.97. The number of piperazine rings is 2. The van der Waals surface area contributed by atoms with E-state index in [9.17, 15) is 9.59 Å². The van der Waals surface area contributed by atoms with E-state index < -0.39 is 6.04 Å². The summed E-state index contributed by atoms with van der Waals surface area (Å²) >= 11 is 0. The molecule has 6 heteroatoms. The summed E-state index contributed by atoms with van der Waals surface area (Å²) in [5.41, 5.74) is 0. The molecule has 1 aliphatic carbocycles. The third kappa shape index (κ3) is 3.06. The van der Waals surface area contributed by atoms with E-state index in [1.807, 2.05) is 0 Å². The van der Waals surface area contributed by atoms with Crippen LogP contribution >= 0.6 is 0 Å². The first kappa shape index (κ1) is 14.8. The summed E-state index contributed by atoms with van der Waals surface area (Å²) in [6, 6.07) is -1.13. The number of nitrogens with zero attached hydrogens (tertiary/aromatic N) is 2. The summed E-state index contributed by atoms with van der Waals surface area (Å²) in [6.07, 6.45) is 6.59. The van der Waals surface area contributed by atoms with Crippen LogP contribution in [0.15, 0.2) is 0 Å². The maximum absolute atomic E-state index is 12.2. The topological polar surface area (TPSA) is 72.9 Å². The zero-order valence-corrected chi connectivity index (χ0v) is 12.5. The minimum absolute atomic E-state index is 0.123. The molecule has 6 nitrogen and oxygen atoms in total. The Hall–Kier alpha value is -1.14.